The summed E-state index contributed by atoms with van der Waals surface area (Å²) in [6, 6.07) is 23.1. The van der Waals surface area contributed by atoms with Crippen LogP contribution < -0.4 is 5.73 Å². The SMILES string of the molecule is C=Cc1cccc(CN(CC)Cc2ccccc2)c1.Cc1cc2[nH]ncc2cc1N. The monoisotopic (exact) mass is 398 g/mol. The Morgan fingerprint density at radius 2 is 1.73 bits per heavy atom. The van der Waals surface area contributed by atoms with Gasteiger partial charge in [-0.05, 0) is 47.9 Å². The Morgan fingerprint density at radius 1 is 1.00 bits per heavy atom. The van der Waals surface area contributed by atoms with Gasteiger partial charge in [-0.3, -0.25) is 10.00 Å². The highest BCUT2D eigenvalue weighted by atomic mass is 15.1. The summed E-state index contributed by atoms with van der Waals surface area (Å²) in [5, 5.41) is 7.85. The Kier molecular flexibility index (Phi) is 7.41. The molecule has 0 aliphatic rings. The number of nitrogens with zero attached hydrogens (tertiary/aromatic N) is 2. The molecule has 0 atom stereocenters. The van der Waals surface area contributed by atoms with Gasteiger partial charge in [-0.15, -0.1) is 0 Å². The van der Waals surface area contributed by atoms with E-state index >= 15 is 0 Å². The second-order valence-corrected chi connectivity index (χ2v) is 7.40. The third-order valence-corrected chi connectivity index (χ3v) is 5.12. The molecule has 0 unspecified atom stereocenters. The number of nitrogen functional groups attached to an aromatic ring is 1. The van der Waals surface area contributed by atoms with Crippen LogP contribution in [0.3, 0.4) is 0 Å². The van der Waals surface area contributed by atoms with Crippen LogP contribution in [-0.2, 0) is 13.1 Å². The number of anilines is 1. The summed E-state index contributed by atoms with van der Waals surface area (Å²) < 4.78 is 0. The number of aromatic nitrogens is 2. The second-order valence-electron chi connectivity index (χ2n) is 7.40. The van der Waals surface area contributed by atoms with Crippen molar-refractivity contribution >= 4 is 22.7 Å². The van der Waals surface area contributed by atoms with E-state index in [1.807, 2.05) is 25.1 Å². The van der Waals surface area contributed by atoms with Crippen molar-refractivity contribution in [2.75, 3.05) is 12.3 Å². The van der Waals surface area contributed by atoms with Crippen LogP contribution >= 0.6 is 0 Å². The fourth-order valence-electron chi connectivity index (χ4n) is 3.32. The van der Waals surface area contributed by atoms with Crippen LogP contribution in [0.1, 0.15) is 29.2 Å². The Morgan fingerprint density at radius 3 is 2.47 bits per heavy atom. The van der Waals surface area contributed by atoms with Gasteiger partial charge in [0.1, 0.15) is 0 Å². The van der Waals surface area contributed by atoms with Gasteiger partial charge >= 0.3 is 0 Å². The van der Waals surface area contributed by atoms with Crippen molar-refractivity contribution < 1.29 is 0 Å². The zero-order valence-electron chi connectivity index (χ0n) is 17.8. The highest BCUT2D eigenvalue weighted by Crippen LogP contribution is 2.18. The van der Waals surface area contributed by atoms with Gasteiger partial charge in [-0.1, -0.05) is 74.2 Å². The average molecular weight is 399 g/mol. The van der Waals surface area contributed by atoms with Gasteiger partial charge < -0.3 is 5.73 Å². The third-order valence-electron chi connectivity index (χ3n) is 5.12. The zero-order valence-corrected chi connectivity index (χ0v) is 17.8. The lowest BCUT2D eigenvalue weighted by molar-refractivity contribution is 0.271. The molecule has 0 radical (unpaired) electrons. The molecule has 1 heterocycles. The minimum absolute atomic E-state index is 0.818. The number of aromatic amines is 1. The van der Waals surface area contributed by atoms with Crippen LogP contribution in [-0.4, -0.2) is 21.6 Å². The van der Waals surface area contributed by atoms with Crippen LogP contribution in [0.15, 0.2) is 79.5 Å². The number of aryl methyl sites for hydroxylation is 1. The fourth-order valence-corrected chi connectivity index (χ4v) is 3.32. The number of hydrogen-bond acceptors (Lipinski definition) is 3. The summed E-state index contributed by atoms with van der Waals surface area (Å²) in [7, 11) is 0. The van der Waals surface area contributed by atoms with Crippen molar-refractivity contribution in [3.63, 3.8) is 0 Å². The highest BCUT2D eigenvalue weighted by molar-refractivity contribution is 5.82. The lowest BCUT2D eigenvalue weighted by Gasteiger charge is -2.20. The van der Waals surface area contributed by atoms with Crippen LogP contribution in [0, 0.1) is 6.92 Å². The van der Waals surface area contributed by atoms with E-state index in [2.05, 4.69) is 83.2 Å². The van der Waals surface area contributed by atoms with Crippen molar-refractivity contribution in [3.8, 4) is 0 Å². The third kappa shape index (κ3) is 5.82. The predicted octanol–water partition coefficient (Wildman–Crippen LogP) is 5.81. The molecule has 4 heteroatoms. The molecule has 0 saturated carbocycles. The number of hydrogen-bond donors (Lipinski definition) is 2. The minimum atomic E-state index is 0.818. The van der Waals surface area contributed by atoms with E-state index in [0.717, 1.165) is 41.8 Å². The molecule has 4 aromatic rings. The smallest absolute Gasteiger partial charge is 0.0654 e. The first-order valence-corrected chi connectivity index (χ1v) is 10.3. The van der Waals surface area contributed by atoms with Gasteiger partial charge in [-0.25, -0.2) is 0 Å². The molecule has 0 fully saturated rings. The quantitative estimate of drug-likeness (QED) is 0.403. The van der Waals surface area contributed by atoms with Crippen LogP contribution in [0.25, 0.3) is 17.0 Å². The zero-order chi connectivity index (χ0) is 21.3. The molecule has 0 aliphatic heterocycles. The maximum Gasteiger partial charge on any atom is 0.0654 e. The molecule has 4 rings (SSSR count). The van der Waals surface area contributed by atoms with Crippen LogP contribution in [0.4, 0.5) is 5.69 Å². The molecule has 30 heavy (non-hydrogen) atoms. The number of nitrogens with two attached hydrogens (primary N) is 1. The van der Waals surface area contributed by atoms with Crippen molar-refractivity contribution in [1.29, 1.82) is 0 Å². The highest BCUT2D eigenvalue weighted by Gasteiger charge is 2.05. The van der Waals surface area contributed by atoms with Crippen LogP contribution in [0.5, 0.6) is 0 Å². The maximum atomic E-state index is 5.70. The van der Waals surface area contributed by atoms with Gasteiger partial charge in [0.25, 0.3) is 0 Å². The molecule has 154 valence electrons. The van der Waals surface area contributed by atoms with E-state index in [-0.39, 0.29) is 0 Å². The van der Waals surface area contributed by atoms with E-state index in [9.17, 15) is 0 Å². The molecular weight excluding hydrogens is 368 g/mol. The molecule has 4 nitrogen and oxygen atoms in total. The molecule has 1 aromatic heterocycles. The molecule has 0 aliphatic carbocycles. The van der Waals surface area contributed by atoms with Gasteiger partial charge in [-0.2, -0.15) is 5.10 Å². The van der Waals surface area contributed by atoms with Crippen molar-refractivity contribution in [3.05, 3.63) is 102 Å². The first kappa shape index (κ1) is 21.3. The van der Waals surface area contributed by atoms with Gasteiger partial charge in [0, 0.05) is 24.2 Å². The molecule has 0 saturated heterocycles. The Balaban J connectivity index is 0.000000196. The Bertz CT molecular complexity index is 1050. The number of benzene rings is 3. The Labute approximate surface area is 179 Å². The van der Waals surface area contributed by atoms with Gasteiger partial charge in [0.2, 0.25) is 0 Å². The predicted molar refractivity (Wildman–Crippen MR) is 128 cm³/mol. The summed E-state index contributed by atoms with van der Waals surface area (Å²) in [4.78, 5) is 2.44. The van der Waals surface area contributed by atoms with E-state index in [4.69, 9.17) is 5.73 Å². The van der Waals surface area contributed by atoms with Gasteiger partial charge in [0.15, 0.2) is 0 Å². The van der Waals surface area contributed by atoms with E-state index in [1.165, 1.54) is 16.7 Å². The minimum Gasteiger partial charge on any atom is -0.398 e. The number of rotatable bonds is 6. The summed E-state index contributed by atoms with van der Waals surface area (Å²) in [5.74, 6) is 0. The normalized spacial score (nSPS) is 10.6. The summed E-state index contributed by atoms with van der Waals surface area (Å²) >= 11 is 0. The van der Waals surface area contributed by atoms with E-state index in [1.54, 1.807) is 6.20 Å². The Hall–Kier alpha value is -3.37. The summed E-state index contributed by atoms with van der Waals surface area (Å²) in [5.41, 5.74) is 12.5. The number of H-pyrrole nitrogens is 1. The fraction of sp³-hybridized carbons (Fsp3) is 0.192. The number of fused-ring (bicyclic) bond motifs is 1. The standard InChI is InChI=1S/C18H21N.C8H9N3/c1-3-16-11-8-12-18(13-16)15-19(4-2)14-17-9-6-5-7-10-17;1-5-2-8-6(3-7(5)9)4-10-11-8/h3,5-13H,1,4,14-15H2,2H3;2-4H,9H2,1H3,(H,10,11). The van der Waals surface area contributed by atoms with E-state index < -0.39 is 0 Å². The lowest BCUT2D eigenvalue weighted by Crippen LogP contribution is -2.22. The average Bonchev–Trinajstić information content (AvgIpc) is 3.22. The molecular formula is C26H30N4. The topological polar surface area (TPSA) is 57.9 Å². The largest absolute Gasteiger partial charge is 0.398 e. The van der Waals surface area contributed by atoms with Crippen molar-refractivity contribution in [2.24, 2.45) is 0 Å². The first-order chi connectivity index (χ1) is 14.6. The number of nitrogens with one attached hydrogen (secondary N) is 1. The molecule has 3 aromatic carbocycles. The summed E-state index contributed by atoms with van der Waals surface area (Å²) in [6.45, 7) is 11.0. The van der Waals surface area contributed by atoms with Gasteiger partial charge in [0.05, 0.1) is 11.7 Å². The van der Waals surface area contributed by atoms with Crippen molar-refractivity contribution in [1.82, 2.24) is 15.1 Å². The first-order valence-electron chi connectivity index (χ1n) is 10.3. The molecule has 0 bridgehead atoms. The molecule has 0 amide bonds. The molecule has 0 spiro atoms. The van der Waals surface area contributed by atoms with Crippen LogP contribution in [0.2, 0.25) is 0 Å². The maximum absolute atomic E-state index is 5.70. The summed E-state index contributed by atoms with van der Waals surface area (Å²) in [6.07, 6.45) is 3.67. The van der Waals surface area contributed by atoms with E-state index in [0.29, 0.717) is 0 Å². The van der Waals surface area contributed by atoms with Crippen molar-refractivity contribution in [2.45, 2.75) is 26.9 Å². The molecule has 3 N–H and O–H groups in total. The lowest BCUT2D eigenvalue weighted by atomic mass is 10.1. The second kappa shape index (κ2) is 10.4.